The summed E-state index contributed by atoms with van der Waals surface area (Å²) in [5.74, 6) is 0.826. The van der Waals surface area contributed by atoms with E-state index in [1.54, 1.807) is 0 Å². The van der Waals surface area contributed by atoms with E-state index in [4.69, 9.17) is 0 Å². The van der Waals surface area contributed by atoms with Crippen LogP contribution in [0, 0.1) is 17.8 Å². The van der Waals surface area contributed by atoms with E-state index in [1.807, 2.05) is 13.8 Å². The van der Waals surface area contributed by atoms with Crippen molar-refractivity contribution in [3.63, 3.8) is 0 Å². The Hall–Kier alpha value is -0.170. The zero-order valence-electron chi connectivity index (χ0n) is 11.8. The fourth-order valence-corrected chi connectivity index (χ4v) is 3.79. The number of rotatable bonds is 5. The normalized spacial score (nSPS) is 28.6. The van der Waals surface area contributed by atoms with Gasteiger partial charge < -0.3 is 5.11 Å². The molecule has 1 rings (SSSR count). The van der Waals surface area contributed by atoms with Gasteiger partial charge in [0.05, 0.1) is 6.10 Å². The average Bonchev–Trinajstić information content (AvgIpc) is 2.24. The number of aliphatic hydroxyl groups excluding tert-OH is 1. The fourth-order valence-electron chi connectivity index (χ4n) is 2.32. The molecule has 5 nitrogen and oxygen atoms in total. The van der Waals surface area contributed by atoms with Gasteiger partial charge in [0.1, 0.15) is 0 Å². The molecule has 18 heavy (non-hydrogen) atoms. The first kappa shape index (κ1) is 15.9. The minimum absolute atomic E-state index is 0.0481. The van der Waals surface area contributed by atoms with E-state index >= 15 is 0 Å². The molecule has 0 aromatic rings. The Balaban J connectivity index is 2.57. The Labute approximate surface area is 111 Å². The molecule has 1 fully saturated rings. The highest BCUT2D eigenvalue weighted by Gasteiger charge is 2.30. The maximum absolute atomic E-state index is 12.1. The highest BCUT2D eigenvalue weighted by atomic mass is 32.2. The van der Waals surface area contributed by atoms with Crippen LogP contribution < -0.4 is 4.72 Å². The lowest BCUT2D eigenvalue weighted by atomic mass is 9.94. The lowest BCUT2D eigenvalue weighted by Crippen LogP contribution is -2.49. The summed E-state index contributed by atoms with van der Waals surface area (Å²) in [7, 11) is -3.45. The van der Waals surface area contributed by atoms with Crippen molar-refractivity contribution in [2.24, 2.45) is 17.8 Å². The van der Waals surface area contributed by atoms with E-state index in [0.717, 1.165) is 6.42 Å². The minimum atomic E-state index is -3.45. The zero-order valence-corrected chi connectivity index (χ0v) is 12.6. The first-order valence-corrected chi connectivity index (χ1v) is 8.09. The van der Waals surface area contributed by atoms with E-state index in [0.29, 0.717) is 24.9 Å². The lowest BCUT2D eigenvalue weighted by molar-refractivity contribution is 0.128. The summed E-state index contributed by atoms with van der Waals surface area (Å²) in [5.41, 5.74) is 0. The van der Waals surface area contributed by atoms with Crippen LogP contribution in [0.5, 0.6) is 0 Å². The van der Waals surface area contributed by atoms with Crippen LogP contribution in [0.2, 0.25) is 0 Å². The molecule has 108 valence electrons. The second-order valence-corrected chi connectivity index (χ2v) is 7.68. The van der Waals surface area contributed by atoms with Crippen LogP contribution in [0.4, 0.5) is 0 Å². The van der Waals surface area contributed by atoms with E-state index in [1.165, 1.54) is 4.31 Å². The number of aliphatic hydroxyl groups is 1. The fraction of sp³-hybridized carbons (Fsp3) is 1.00. The number of hydrogen-bond acceptors (Lipinski definition) is 3. The number of nitrogens with one attached hydrogen (secondary N) is 1. The number of hydrogen-bond donors (Lipinski definition) is 2. The third kappa shape index (κ3) is 4.50. The predicted octanol–water partition coefficient (Wildman–Crippen LogP) is 0.816. The molecule has 0 bridgehead atoms. The van der Waals surface area contributed by atoms with Crippen LogP contribution in [-0.4, -0.2) is 43.6 Å². The lowest BCUT2D eigenvalue weighted by Gasteiger charge is -2.34. The summed E-state index contributed by atoms with van der Waals surface area (Å²) < 4.78 is 28.2. The molecule has 3 unspecified atom stereocenters. The molecule has 0 saturated carbocycles. The SMILES string of the molecule is CC1CC(C)CN(S(=O)(=O)NCC(O)C(C)C)C1. The molecule has 1 aliphatic heterocycles. The third-order valence-corrected chi connectivity index (χ3v) is 4.93. The number of piperidine rings is 1. The second kappa shape index (κ2) is 6.32. The molecule has 0 aromatic heterocycles. The minimum Gasteiger partial charge on any atom is -0.391 e. The molecule has 0 radical (unpaired) electrons. The molecule has 0 amide bonds. The van der Waals surface area contributed by atoms with Gasteiger partial charge in [0.25, 0.3) is 10.2 Å². The molecule has 1 saturated heterocycles. The topological polar surface area (TPSA) is 69.6 Å². The van der Waals surface area contributed by atoms with E-state index in [2.05, 4.69) is 18.6 Å². The molecule has 1 heterocycles. The summed E-state index contributed by atoms with van der Waals surface area (Å²) in [6.07, 6.45) is 0.431. The van der Waals surface area contributed by atoms with Crippen LogP contribution in [0.25, 0.3) is 0 Å². The molecule has 0 aromatic carbocycles. The maximum Gasteiger partial charge on any atom is 0.279 e. The van der Waals surface area contributed by atoms with E-state index < -0.39 is 16.3 Å². The van der Waals surface area contributed by atoms with Gasteiger partial charge >= 0.3 is 0 Å². The van der Waals surface area contributed by atoms with Crippen molar-refractivity contribution in [2.45, 2.75) is 40.2 Å². The van der Waals surface area contributed by atoms with Crippen LogP contribution in [-0.2, 0) is 10.2 Å². The van der Waals surface area contributed by atoms with Gasteiger partial charge in [0, 0.05) is 19.6 Å². The summed E-state index contributed by atoms with van der Waals surface area (Å²) in [5, 5.41) is 9.65. The second-order valence-electron chi connectivity index (χ2n) is 5.93. The summed E-state index contributed by atoms with van der Waals surface area (Å²) in [4.78, 5) is 0. The molecule has 3 atom stereocenters. The third-order valence-electron chi connectivity index (χ3n) is 3.42. The van der Waals surface area contributed by atoms with E-state index in [-0.39, 0.29) is 12.5 Å². The van der Waals surface area contributed by atoms with Gasteiger partial charge in [-0.1, -0.05) is 27.7 Å². The van der Waals surface area contributed by atoms with Crippen molar-refractivity contribution in [1.29, 1.82) is 0 Å². The Morgan fingerprint density at radius 3 is 2.22 bits per heavy atom. The Morgan fingerprint density at radius 2 is 1.78 bits per heavy atom. The molecule has 0 aliphatic carbocycles. The Bertz CT molecular complexity index is 346. The molecule has 6 heteroatoms. The average molecular weight is 278 g/mol. The van der Waals surface area contributed by atoms with Crippen molar-refractivity contribution in [3.05, 3.63) is 0 Å². The van der Waals surface area contributed by atoms with Crippen LogP contribution >= 0.6 is 0 Å². The molecular formula is C12H26N2O3S. The van der Waals surface area contributed by atoms with Gasteiger partial charge in [-0.3, -0.25) is 0 Å². The molecule has 0 spiro atoms. The van der Waals surface area contributed by atoms with Crippen molar-refractivity contribution >= 4 is 10.2 Å². The van der Waals surface area contributed by atoms with Gasteiger partial charge in [0.15, 0.2) is 0 Å². The standard InChI is InChI=1S/C12H26N2O3S/c1-9(2)12(15)6-13-18(16,17)14-7-10(3)5-11(4)8-14/h9-13,15H,5-8H2,1-4H3. The molecule has 2 N–H and O–H groups in total. The van der Waals surface area contributed by atoms with E-state index in [9.17, 15) is 13.5 Å². The van der Waals surface area contributed by atoms with Gasteiger partial charge in [-0.05, 0) is 24.2 Å². The largest absolute Gasteiger partial charge is 0.391 e. The van der Waals surface area contributed by atoms with Gasteiger partial charge in [-0.15, -0.1) is 0 Å². The highest BCUT2D eigenvalue weighted by molar-refractivity contribution is 7.87. The Morgan fingerprint density at radius 1 is 1.28 bits per heavy atom. The van der Waals surface area contributed by atoms with Crippen LogP contribution in [0.1, 0.15) is 34.1 Å². The Kier molecular flexibility index (Phi) is 5.58. The summed E-state index contributed by atoms with van der Waals surface area (Å²) in [6, 6.07) is 0. The monoisotopic (exact) mass is 278 g/mol. The van der Waals surface area contributed by atoms with Crippen molar-refractivity contribution in [1.82, 2.24) is 9.03 Å². The summed E-state index contributed by atoms with van der Waals surface area (Å²) in [6.45, 7) is 9.09. The van der Waals surface area contributed by atoms with Crippen LogP contribution in [0.15, 0.2) is 0 Å². The zero-order chi connectivity index (χ0) is 13.9. The van der Waals surface area contributed by atoms with Crippen molar-refractivity contribution in [2.75, 3.05) is 19.6 Å². The predicted molar refractivity (Wildman–Crippen MR) is 72.3 cm³/mol. The van der Waals surface area contributed by atoms with Gasteiger partial charge in [0.2, 0.25) is 0 Å². The van der Waals surface area contributed by atoms with Crippen LogP contribution in [0.3, 0.4) is 0 Å². The first-order chi connectivity index (χ1) is 8.22. The smallest absolute Gasteiger partial charge is 0.279 e. The van der Waals surface area contributed by atoms with Crippen molar-refractivity contribution in [3.8, 4) is 0 Å². The highest BCUT2D eigenvalue weighted by Crippen LogP contribution is 2.22. The maximum atomic E-state index is 12.1. The quantitative estimate of drug-likeness (QED) is 0.782. The van der Waals surface area contributed by atoms with Gasteiger partial charge in [-0.25, -0.2) is 0 Å². The number of nitrogens with zero attached hydrogens (tertiary/aromatic N) is 1. The molecule has 1 aliphatic rings. The summed E-state index contributed by atoms with van der Waals surface area (Å²) >= 11 is 0. The van der Waals surface area contributed by atoms with Gasteiger partial charge in [-0.2, -0.15) is 17.4 Å². The first-order valence-electron chi connectivity index (χ1n) is 6.65. The van der Waals surface area contributed by atoms with Crippen molar-refractivity contribution < 1.29 is 13.5 Å². The molecular weight excluding hydrogens is 252 g/mol.